The van der Waals surface area contributed by atoms with Gasteiger partial charge < -0.3 is 5.32 Å². The molecule has 0 spiro atoms. The highest BCUT2D eigenvalue weighted by Crippen LogP contribution is 2.16. The standard InChI is InChI=1S/C12H14Cl2FNO/c1-7(6-13)8(2)16-12(17)9-3-4-10(14)11(15)5-9/h3-5,7-8H,6H2,1-2H3,(H,16,17). The predicted molar refractivity (Wildman–Crippen MR) is 68.2 cm³/mol. The monoisotopic (exact) mass is 277 g/mol. The Balaban J connectivity index is 2.73. The fourth-order valence-electron chi connectivity index (χ4n) is 1.20. The lowest BCUT2D eigenvalue weighted by Crippen LogP contribution is -2.37. The van der Waals surface area contributed by atoms with E-state index in [1.54, 1.807) is 0 Å². The third-order valence-corrected chi connectivity index (χ3v) is 3.43. The third kappa shape index (κ3) is 3.86. The van der Waals surface area contributed by atoms with Gasteiger partial charge in [0.2, 0.25) is 0 Å². The SMILES string of the molecule is CC(CCl)C(C)NC(=O)c1ccc(Cl)c(F)c1. The highest BCUT2D eigenvalue weighted by atomic mass is 35.5. The normalized spacial score (nSPS) is 14.2. The van der Waals surface area contributed by atoms with Crippen molar-refractivity contribution in [2.24, 2.45) is 5.92 Å². The minimum atomic E-state index is -0.600. The number of nitrogens with one attached hydrogen (secondary N) is 1. The summed E-state index contributed by atoms with van der Waals surface area (Å²) in [6.07, 6.45) is 0. The van der Waals surface area contributed by atoms with Crippen molar-refractivity contribution in [3.05, 3.63) is 34.6 Å². The van der Waals surface area contributed by atoms with Crippen LogP contribution in [-0.4, -0.2) is 17.8 Å². The summed E-state index contributed by atoms with van der Waals surface area (Å²) < 4.78 is 13.2. The lowest BCUT2D eigenvalue weighted by molar-refractivity contribution is 0.0930. The number of hydrogen-bond donors (Lipinski definition) is 1. The van der Waals surface area contributed by atoms with Crippen molar-refractivity contribution < 1.29 is 9.18 Å². The van der Waals surface area contributed by atoms with Gasteiger partial charge in [-0.25, -0.2) is 4.39 Å². The van der Waals surface area contributed by atoms with Crippen LogP contribution >= 0.6 is 23.2 Å². The Hall–Kier alpha value is -0.800. The van der Waals surface area contributed by atoms with E-state index in [1.807, 2.05) is 13.8 Å². The molecule has 2 unspecified atom stereocenters. The van der Waals surface area contributed by atoms with Crippen LogP contribution in [-0.2, 0) is 0 Å². The maximum Gasteiger partial charge on any atom is 0.251 e. The number of halogens is 3. The average Bonchev–Trinajstić information content (AvgIpc) is 2.31. The number of hydrogen-bond acceptors (Lipinski definition) is 1. The molecule has 0 saturated carbocycles. The van der Waals surface area contributed by atoms with Crippen LogP contribution in [0.25, 0.3) is 0 Å². The summed E-state index contributed by atoms with van der Waals surface area (Å²) in [7, 11) is 0. The van der Waals surface area contributed by atoms with Gasteiger partial charge in [-0.15, -0.1) is 11.6 Å². The molecule has 0 aliphatic carbocycles. The summed E-state index contributed by atoms with van der Waals surface area (Å²) in [4.78, 5) is 11.8. The van der Waals surface area contributed by atoms with E-state index in [1.165, 1.54) is 12.1 Å². The van der Waals surface area contributed by atoms with E-state index in [0.29, 0.717) is 5.88 Å². The van der Waals surface area contributed by atoms with Crippen molar-refractivity contribution >= 4 is 29.1 Å². The molecule has 2 atom stereocenters. The molecule has 2 nitrogen and oxygen atoms in total. The van der Waals surface area contributed by atoms with Crippen LogP contribution in [0.5, 0.6) is 0 Å². The average molecular weight is 278 g/mol. The first kappa shape index (κ1) is 14.3. The molecule has 0 aliphatic heterocycles. The van der Waals surface area contributed by atoms with Crippen molar-refractivity contribution in [3.8, 4) is 0 Å². The molecule has 5 heteroatoms. The number of amides is 1. The van der Waals surface area contributed by atoms with Gasteiger partial charge in [-0.1, -0.05) is 18.5 Å². The molecule has 1 amide bonds. The summed E-state index contributed by atoms with van der Waals surface area (Å²) >= 11 is 11.2. The van der Waals surface area contributed by atoms with Crippen LogP contribution in [0.2, 0.25) is 5.02 Å². The first-order chi connectivity index (χ1) is 7.95. The Morgan fingerprint density at radius 3 is 2.65 bits per heavy atom. The Kier molecular flexibility index (Phi) is 5.22. The van der Waals surface area contributed by atoms with Gasteiger partial charge in [0.25, 0.3) is 5.91 Å². The van der Waals surface area contributed by atoms with Crippen molar-refractivity contribution in [2.45, 2.75) is 19.9 Å². The molecule has 0 saturated heterocycles. The van der Waals surface area contributed by atoms with E-state index in [2.05, 4.69) is 5.32 Å². The molecule has 0 heterocycles. The summed E-state index contributed by atoms with van der Waals surface area (Å²) in [5, 5.41) is 2.76. The summed E-state index contributed by atoms with van der Waals surface area (Å²) in [6.45, 7) is 3.79. The number of carbonyl (C=O) groups is 1. The fraction of sp³-hybridized carbons (Fsp3) is 0.417. The maximum atomic E-state index is 13.2. The maximum absolute atomic E-state index is 13.2. The molecular weight excluding hydrogens is 264 g/mol. The Bertz CT molecular complexity index is 411. The van der Waals surface area contributed by atoms with E-state index in [9.17, 15) is 9.18 Å². The van der Waals surface area contributed by atoms with Crippen molar-refractivity contribution in [1.82, 2.24) is 5.32 Å². The lowest BCUT2D eigenvalue weighted by atomic mass is 10.1. The molecule has 0 aliphatic rings. The van der Waals surface area contributed by atoms with Crippen LogP contribution in [0.1, 0.15) is 24.2 Å². The molecule has 0 bridgehead atoms. The molecule has 94 valence electrons. The number of rotatable bonds is 4. The minimum absolute atomic E-state index is 0.00345. The van der Waals surface area contributed by atoms with E-state index >= 15 is 0 Å². The molecule has 17 heavy (non-hydrogen) atoms. The quantitative estimate of drug-likeness (QED) is 0.839. The van der Waals surface area contributed by atoms with Gasteiger partial charge in [-0.05, 0) is 31.0 Å². The molecule has 0 aromatic heterocycles. The molecule has 0 radical (unpaired) electrons. The van der Waals surface area contributed by atoms with Crippen molar-refractivity contribution in [3.63, 3.8) is 0 Å². The van der Waals surface area contributed by atoms with Crippen LogP contribution < -0.4 is 5.32 Å². The van der Waals surface area contributed by atoms with Gasteiger partial charge in [0.1, 0.15) is 5.82 Å². The lowest BCUT2D eigenvalue weighted by Gasteiger charge is -2.19. The number of benzene rings is 1. The van der Waals surface area contributed by atoms with E-state index < -0.39 is 5.82 Å². The molecule has 1 N–H and O–H groups in total. The highest BCUT2D eigenvalue weighted by Gasteiger charge is 2.15. The van der Waals surface area contributed by atoms with Gasteiger partial charge in [0, 0.05) is 17.5 Å². The van der Waals surface area contributed by atoms with Crippen LogP contribution in [0.15, 0.2) is 18.2 Å². The van der Waals surface area contributed by atoms with Gasteiger partial charge in [-0.2, -0.15) is 0 Å². The first-order valence-electron chi connectivity index (χ1n) is 5.27. The Morgan fingerprint density at radius 2 is 2.12 bits per heavy atom. The number of carbonyl (C=O) groups excluding carboxylic acids is 1. The Labute approximate surface area is 110 Å². The van der Waals surface area contributed by atoms with Crippen LogP contribution in [0.3, 0.4) is 0 Å². The predicted octanol–water partition coefficient (Wildman–Crippen LogP) is 3.47. The highest BCUT2D eigenvalue weighted by molar-refractivity contribution is 6.30. The molecular formula is C12H14Cl2FNO. The van der Waals surface area contributed by atoms with E-state index in [4.69, 9.17) is 23.2 Å². The Morgan fingerprint density at radius 1 is 1.47 bits per heavy atom. The first-order valence-corrected chi connectivity index (χ1v) is 6.18. The second-order valence-corrected chi connectivity index (χ2v) is 4.74. The molecule has 1 rings (SSSR count). The van der Waals surface area contributed by atoms with E-state index in [0.717, 1.165) is 6.07 Å². The largest absolute Gasteiger partial charge is 0.349 e. The smallest absolute Gasteiger partial charge is 0.251 e. The molecule has 0 fully saturated rings. The van der Waals surface area contributed by atoms with Crippen molar-refractivity contribution in [1.29, 1.82) is 0 Å². The summed E-state index contributed by atoms with van der Waals surface area (Å²) in [6, 6.07) is 3.90. The summed E-state index contributed by atoms with van der Waals surface area (Å²) in [5.41, 5.74) is 0.250. The van der Waals surface area contributed by atoms with Crippen LogP contribution in [0, 0.1) is 11.7 Å². The zero-order valence-corrected chi connectivity index (χ0v) is 11.1. The van der Waals surface area contributed by atoms with Crippen molar-refractivity contribution in [2.75, 3.05) is 5.88 Å². The zero-order chi connectivity index (χ0) is 13.0. The van der Waals surface area contributed by atoms with Gasteiger partial charge >= 0.3 is 0 Å². The van der Waals surface area contributed by atoms with Crippen LogP contribution in [0.4, 0.5) is 4.39 Å². The fourth-order valence-corrected chi connectivity index (χ4v) is 1.59. The third-order valence-electron chi connectivity index (χ3n) is 2.64. The second-order valence-electron chi connectivity index (χ2n) is 4.02. The molecule has 1 aromatic rings. The summed E-state index contributed by atoms with van der Waals surface area (Å²) in [5.74, 6) is -0.323. The van der Waals surface area contributed by atoms with Gasteiger partial charge in [0.15, 0.2) is 0 Å². The zero-order valence-electron chi connectivity index (χ0n) is 9.64. The van der Waals surface area contributed by atoms with Gasteiger partial charge in [0.05, 0.1) is 5.02 Å². The minimum Gasteiger partial charge on any atom is -0.349 e. The second kappa shape index (κ2) is 6.22. The van der Waals surface area contributed by atoms with Gasteiger partial charge in [-0.3, -0.25) is 4.79 Å². The topological polar surface area (TPSA) is 29.1 Å². The van der Waals surface area contributed by atoms with E-state index in [-0.39, 0.29) is 28.5 Å². The number of alkyl halides is 1. The molecule has 1 aromatic carbocycles.